The van der Waals surface area contributed by atoms with Crippen LogP contribution in [0.3, 0.4) is 0 Å². The molecule has 6 nitrogen and oxygen atoms in total. The maximum absolute atomic E-state index is 12.4. The molecule has 0 aromatic carbocycles. The van der Waals surface area contributed by atoms with E-state index in [4.69, 9.17) is 5.11 Å². The van der Waals surface area contributed by atoms with Gasteiger partial charge in [0, 0.05) is 27.2 Å². The summed E-state index contributed by atoms with van der Waals surface area (Å²) in [6.07, 6.45) is 2.41. The number of aliphatic hydroxyl groups is 1. The molecule has 0 aliphatic heterocycles. The second-order valence-corrected chi connectivity index (χ2v) is 5.03. The minimum absolute atomic E-state index is 0.168. The summed E-state index contributed by atoms with van der Waals surface area (Å²) < 4.78 is 1.20. The standard InChI is InChI=1S/C14H23N3O3/c1-10-11(2)15-17(4)14(20)12(10)13(19)16(3)8-6-5-7-9-18/h18H,5-9H2,1-4H3. The molecule has 0 spiro atoms. The van der Waals surface area contributed by atoms with E-state index in [1.807, 2.05) is 0 Å². The fourth-order valence-electron chi connectivity index (χ4n) is 2.03. The lowest BCUT2D eigenvalue weighted by atomic mass is 10.1. The highest BCUT2D eigenvalue weighted by atomic mass is 16.3. The van der Waals surface area contributed by atoms with Crippen LogP contribution in [0.5, 0.6) is 0 Å². The van der Waals surface area contributed by atoms with Gasteiger partial charge in [0.1, 0.15) is 5.56 Å². The van der Waals surface area contributed by atoms with Crippen molar-refractivity contribution in [3.05, 3.63) is 27.2 Å². The molecular weight excluding hydrogens is 258 g/mol. The largest absolute Gasteiger partial charge is 0.396 e. The summed E-state index contributed by atoms with van der Waals surface area (Å²) in [5.41, 5.74) is 1.16. The first-order valence-corrected chi connectivity index (χ1v) is 6.81. The zero-order valence-corrected chi connectivity index (χ0v) is 12.6. The smallest absolute Gasteiger partial charge is 0.279 e. The predicted octanol–water partition coefficient (Wildman–Crippen LogP) is 0.632. The van der Waals surface area contributed by atoms with E-state index < -0.39 is 0 Å². The second kappa shape index (κ2) is 7.19. The Balaban J connectivity index is 2.89. The molecule has 0 unspecified atom stereocenters. The van der Waals surface area contributed by atoms with Crippen LogP contribution in [0, 0.1) is 13.8 Å². The van der Waals surface area contributed by atoms with Crippen molar-refractivity contribution in [2.75, 3.05) is 20.2 Å². The third-order valence-corrected chi connectivity index (χ3v) is 3.44. The molecule has 1 N–H and O–H groups in total. The van der Waals surface area contributed by atoms with E-state index in [0.717, 1.165) is 19.3 Å². The summed E-state index contributed by atoms with van der Waals surface area (Å²) in [5, 5.41) is 12.8. The van der Waals surface area contributed by atoms with Gasteiger partial charge >= 0.3 is 0 Å². The number of hydrogen-bond donors (Lipinski definition) is 1. The van der Waals surface area contributed by atoms with Gasteiger partial charge in [0.2, 0.25) is 0 Å². The highest BCUT2D eigenvalue weighted by molar-refractivity contribution is 5.95. The van der Waals surface area contributed by atoms with Crippen molar-refractivity contribution in [3.8, 4) is 0 Å². The Hall–Kier alpha value is -1.69. The van der Waals surface area contributed by atoms with Crippen molar-refractivity contribution >= 4 is 5.91 Å². The molecule has 1 heterocycles. The van der Waals surface area contributed by atoms with Gasteiger partial charge in [0.05, 0.1) is 5.69 Å². The maximum atomic E-state index is 12.4. The average molecular weight is 281 g/mol. The van der Waals surface area contributed by atoms with Gasteiger partial charge in [-0.3, -0.25) is 9.59 Å². The molecule has 0 aliphatic carbocycles. The molecule has 1 aromatic rings. The van der Waals surface area contributed by atoms with Crippen LogP contribution in [0.4, 0.5) is 0 Å². The van der Waals surface area contributed by atoms with E-state index in [2.05, 4.69) is 5.10 Å². The first-order valence-electron chi connectivity index (χ1n) is 6.81. The molecule has 0 fully saturated rings. The monoisotopic (exact) mass is 281 g/mol. The zero-order chi connectivity index (χ0) is 15.3. The van der Waals surface area contributed by atoms with Gasteiger partial charge in [-0.2, -0.15) is 5.10 Å². The summed E-state index contributed by atoms with van der Waals surface area (Å²) >= 11 is 0. The summed E-state index contributed by atoms with van der Waals surface area (Å²) in [6.45, 7) is 4.27. The van der Waals surface area contributed by atoms with Crippen LogP contribution in [0.15, 0.2) is 4.79 Å². The van der Waals surface area contributed by atoms with Crippen molar-refractivity contribution < 1.29 is 9.90 Å². The summed E-state index contributed by atoms with van der Waals surface area (Å²) in [6, 6.07) is 0. The lowest BCUT2D eigenvalue weighted by Gasteiger charge is -2.18. The number of aryl methyl sites for hydroxylation is 2. The van der Waals surface area contributed by atoms with Crippen LogP contribution in [-0.4, -0.2) is 45.9 Å². The van der Waals surface area contributed by atoms with E-state index in [0.29, 0.717) is 17.8 Å². The Morgan fingerprint density at radius 2 is 1.95 bits per heavy atom. The molecule has 6 heteroatoms. The van der Waals surface area contributed by atoms with Crippen molar-refractivity contribution in [3.63, 3.8) is 0 Å². The van der Waals surface area contributed by atoms with Crippen LogP contribution < -0.4 is 5.56 Å². The number of hydrogen-bond acceptors (Lipinski definition) is 4. The van der Waals surface area contributed by atoms with Crippen molar-refractivity contribution in [1.29, 1.82) is 0 Å². The number of carbonyl (C=O) groups excluding carboxylic acids is 1. The highest BCUT2D eigenvalue weighted by Gasteiger charge is 2.20. The highest BCUT2D eigenvalue weighted by Crippen LogP contribution is 2.09. The quantitative estimate of drug-likeness (QED) is 0.776. The molecule has 0 aliphatic rings. The van der Waals surface area contributed by atoms with E-state index in [9.17, 15) is 9.59 Å². The maximum Gasteiger partial charge on any atom is 0.279 e. The molecule has 112 valence electrons. The van der Waals surface area contributed by atoms with Gasteiger partial charge < -0.3 is 10.0 Å². The third kappa shape index (κ3) is 3.66. The normalized spacial score (nSPS) is 10.7. The minimum Gasteiger partial charge on any atom is -0.396 e. The number of unbranched alkanes of at least 4 members (excludes halogenated alkanes) is 2. The Labute approximate surface area is 119 Å². The number of rotatable bonds is 6. The number of aromatic nitrogens is 2. The number of carbonyl (C=O) groups is 1. The summed E-state index contributed by atoms with van der Waals surface area (Å²) in [4.78, 5) is 26.0. The molecule has 1 amide bonds. The molecule has 1 aromatic heterocycles. The average Bonchev–Trinajstić information content (AvgIpc) is 2.41. The van der Waals surface area contributed by atoms with Crippen molar-refractivity contribution in [2.24, 2.45) is 7.05 Å². The van der Waals surface area contributed by atoms with Crippen molar-refractivity contribution in [1.82, 2.24) is 14.7 Å². The van der Waals surface area contributed by atoms with Gasteiger partial charge in [-0.05, 0) is 38.7 Å². The molecule has 0 saturated heterocycles. The fourth-order valence-corrected chi connectivity index (χ4v) is 2.03. The molecule has 0 bridgehead atoms. The molecule has 20 heavy (non-hydrogen) atoms. The Morgan fingerprint density at radius 3 is 2.55 bits per heavy atom. The van der Waals surface area contributed by atoms with E-state index in [-0.39, 0.29) is 23.6 Å². The summed E-state index contributed by atoms with van der Waals surface area (Å²) in [5.74, 6) is -0.266. The predicted molar refractivity (Wildman–Crippen MR) is 76.8 cm³/mol. The number of aliphatic hydroxyl groups excluding tert-OH is 1. The van der Waals surface area contributed by atoms with Crippen LogP contribution in [0.2, 0.25) is 0 Å². The number of amides is 1. The van der Waals surface area contributed by atoms with Crippen LogP contribution >= 0.6 is 0 Å². The minimum atomic E-state index is -0.361. The topological polar surface area (TPSA) is 75.4 Å². The lowest BCUT2D eigenvalue weighted by molar-refractivity contribution is 0.0788. The fraction of sp³-hybridized carbons (Fsp3) is 0.643. The van der Waals surface area contributed by atoms with Gasteiger partial charge in [0.25, 0.3) is 11.5 Å². The van der Waals surface area contributed by atoms with Crippen LogP contribution in [0.1, 0.15) is 40.9 Å². The van der Waals surface area contributed by atoms with Gasteiger partial charge in [-0.25, -0.2) is 4.68 Å². The van der Waals surface area contributed by atoms with Gasteiger partial charge in [-0.1, -0.05) is 0 Å². The molecule has 0 radical (unpaired) electrons. The zero-order valence-electron chi connectivity index (χ0n) is 12.6. The SMILES string of the molecule is Cc1nn(C)c(=O)c(C(=O)N(C)CCCCCO)c1C. The first kappa shape index (κ1) is 16.4. The van der Waals surface area contributed by atoms with Crippen LogP contribution in [0.25, 0.3) is 0 Å². The Morgan fingerprint density at radius 1 is 1.30 bits per heavy atom. The van der Waals surface area contributed by atoms with Gasteiger partial charge in [0.15, 0.2) is 0 Å². The van der Waals surface area contributed by atoms with E-state index in [1.54, 1.807) is 32.8 Å². The third-order valence-electron chi connectivity index (χ3n) is 3.44. The van der Waals surface area contributed by atoms with Crippen molar-refractivity contribution in [2.45, 2.75) is 33.1 Å². The van der Waals surface area contributed by atoms with Crippen LogP contribution in [-0.2, 0) is 7.05 Å². The Kier molecular flexibility index (Phi) is 5.88. The van der Waals surface area contributed by atoms with Gasteiger partial charge in [-0.15, -0.1) is 0 Å². The molecular formula is C14H23N3O3. The molecule has 1 rings (SSSR count). The van der Waals surface area contributed by atoms with E-state index >= 15 is 0 Å². The second-order valence-electron chi connectivity index (χ2n) is 5.03. The lowest BCUT2D eigenvalue weighted by Crippen LogP contribution is -2.36. The Bertz CT molecular complexity index is 537. The summed E-state index contributed by atoms with van der Waals surface area (Å²) in [7, 11) is 3.24. The van der Waals surface area contributed by atoms with E-state index in [1.165, 1.54) is 4.68 Å². The molecule has 0 saturated carbocycles. The first-order chi connectivity index (χ1) is 9.40. The molecule has 0 atom stereocenters. The number of nitrogens with zero attached hydrogens (tertiary/aromatic N) is 3.